The number of hydroxylamine groups is 1. The van der Waals surface area contributed by atoms with E-state index in [9.17, 15) is 15.0 Å². The maximum atomic E-state index is 12.2. The van der Waals surface area contributed by atoms with Crippen molar-refractivity contribution >= 4 is 22.9 Å². The van der Waals surface area contributed by atoms with Crippen molar-refractivity contribution in [3.05, 3.63) is 60.7 Å². The van der Waals surface area contributed by atoms with E-state index in [1.165, 1.54) is 18.0 Å². The minimum atomic E-state index is -1.50. The number of ether oxygens (including phenoxy) is 2. The predicted molar refractivity (Wildman–Crippen MR) is 130 cm³/mol. The molecule has 1 amide bonds. The van der Waals surface area contributed by atoms with Gasteiger partial charge in [0.25, 0.3) is 5.91 Å². The van der Waals surface area contributed by atoms with E-state index in [2.05, 4.69) is 35.6 Å². The second-order valence-corrected chi connectivity index (χ2v) is 8.25. The highest BCUT2D eigenvalue weighted by Gasteiger charge is 2.48. The summed E-state index contributed by atoms with van der Waals surface area (Å²) in [4.78, 5) is 34.6. The van der Waals surface area contributed by atoms with E-state index in [0.29, 0.717) is 40.7 Å². The van der Waals surface area contributed by atoms with Crippen LogP contribution in [0.2, 0.25) is 0 Å². The highest BCUT2D eigenvalue weighted by molar-refractivity contribution is 5.85. The van der Waals surface area contributed by atoms with E-state index in [1.54, 1.807) is 25.5 Å². The van der Waals surface area contributed by atoms with Gasteiger partial charge in [-0.15, -0.1) is 0 Å². The Morgan fingerprint density at radius 2 is 1.97 bits per heavy atom. The summed E-state index contributed by atoms with van der Waals surface area (Å²) in [5.41, 5.74) is 4.42. The van der Waals surface area contributed by atoms with E-state index in [0.717, 1.165) is 5.56 Å². The molecule has 1 fully saturated rings. The summed E-state index contributed by atoms with van der Waals surface area (Å²) in [6, 6.07) is 11.5. The first kappa shape index (κ1) is 24.5. The van der Waals surface area contributed by atoms with E-state index >= 15 is 0 Å². The van der Waals surface area contributed by atoms with Gasteiger partial charge in [-0.25, -0.2) is 20.4 Å². The van der Waals surface area contributed by atoms with Crippen molar-refractivity contribution in [2.75, 3.05) is 19.5 Å². The van der Waals surface area contributed by atoms with Crippen molar-refractivity contribution in [1.82, 2.24) is 30.0 Å². The third kappa shape index (κ3) is 4.80. The number of fused-ring (bicyclic) bond motifs is 1. The number of amides is 1. The molecule has 192 valence electrons. The lowest BCUT2D eigenvalue weighted by Gasteiger charge is -2.17. The van der Waals surface area contributed by atoms with Crippen LogP contribution in [-0.4, -0.2) is 73.1 Å². The summed E-state index contributed by atoms with van der Waals surface area (Å²) < 4.78 is 13.0. The average molecular weight is 508 g/mol. The zero-order valence-electron chi connectivity index (χ0n) is 20.0. The van der Waals surface area contributed by atoms with Crippen molar-refractivity contribution in [2.24, 2.45) is 0 Å². The number of pyridine rings is 1. The van der Waals surface area contributed by atoms with Gasteiger partial charge in [0.05, 0.1) is 19.6 Å². The number of anilines is 1. The van der Waals surface area contributed by atoms with Crippen LogP contribution in [0, 0.1) is 0 Å². The minimum Gasteiger partial charge on any atom is -0.487 e. The van der Waals surface area contributed by atoms with E-state index in [1.807, 2.05) is 30.3 Å². The maximum absolute atomic E-state index is 12.2. The number of aliphatic hydroxyl groups excluding tert-OH is 2. The number of benzene rings is 1. The van der Waals surface area contributed by atoms with Gasteiger partial charge < -0.3 is 25.0 Å². The zero-order valence-corrected chi connectivity index (χ0v) is 20.0. The molecule has 4 heterocycles. The van der Waals surface area contributed by atoms with Crippen molar-refractivity contribution in [3.8, 4) is 17.1 Å². The molecule has 0 unspecified atom stereocenters. The third-order valence-electron chi connectivity index (χ3n) is 5.85. The van der Waals surface area contributed by atoms with Gasteiger partial charge in [-0.2, -0.15) is 0 Å². The van der Waals surface area contributed by atoms with Gasteiger partial charge in [0.15, 0.2) is 35.1 Å². The van der Waals surface area contributed by atoms with Gasteiger partial charge in [-0.1, -0.05) is 30.3 Å². The van der Waals surface area contributed by atoms with Gasteiger partial charge in [0.1, 0.15) is 24.6 Å². The summed E-state index contributed by atoms with van der Waals surface area (Å²) in [6.07, 6.45) is -0.818. The number of hydrogen-bond donors (Lipinski definition) is 4. The van der Waals surface area contributed by atoms with Gasteiger partial charge in [0, 0.05) is 18.8 Å². The number of aromatic nitrogens is 5. The largest absolute Gasteiger partial charge is 0.487 e. The Morgan fingerprint density at radius 1 is 1.16 bits per heavy atom. The molecule has 0 radical (unpaired) electrons. The number of nitrogens with one attached hydrogen (secondary N) is 2. The molecule has 0 saturated carbocycles. The Morgan fingerprint density at radius 3 is 2.73 bits per heavy atom. The quantitative estimate of drug-likeness (QED) is 0.249. The molecule has 0 aliphatic carbocycles. The Kier molecular flexibility index (Phi) is 6.92. The lowest BCUT2D eigenvalue weighted by molar-refractivity contribution is -0.148. The smallest absolute Gasteiger partial charge is 0.275 e. The first-order chi connectivity index (χ1) is 18.0. The van der Waals surface area contributed by atoms with Crippen molar-refractivity contribution in [1.29, 1.82) is 0 Å². The minimum absolute atomic E-state index is 0.314. The number of nitrogens with zero attached hydrogens (tertiary/aromatic N) is 5. The topological polar surface area (TPSA) is 166 Å². The van der Waals surface area contributed by atoms with Crippen LogP contribution < -0.4 is 15.5 Å². The second kappa shape index (κ2) is 10.4. The van der Waals surface area contributed by atoms with Crippen LogP contribution in [0.4, 0.5) is 5.82 Å². The van der Waals surface area contributed by atoms with Crippen LogP contribution >= 0.6 is 0 Å². The fraction of sp³-hybridized carbons (Fsp3) is 0.292. The number of aliphatic hydroxyl groups is 2. The lowest BCUT2D eigenvalue weighted by Crippen LogP contribution is -2.42. The molecule has 37 heavy (non-hydrogen) atoms. The number of carbonyl (C=O) groups excluding carboxylic acids is 1. The number of imidazole rings is 1. The van der Waals surface area contributed by atoms with Gasteiger partial charge >= 0.3 is 0 Å². The predicted octanol–water partition coefficient (Wildman–Crippen LogP) is 0.806. The van der Waals surface area contributed by atoms with Crippen LogP contribution in [0.1, 0.15) is 11.8 Å². The van der Waals surface area contributed by atoms with Gasteiger partial charge in [-0.3, -0.25) is 19.2 Å². The summed E-state index contributed by atoms with van der Waals surface area (Å²) >= 11 is 0. The molecular weight excluding hydrogens is 482 g/mol. The lowest BCUT2D eigenvalue weighted by atomic mass is 10.1. The first-order valence-corrected chi connectivity index (χ1v) is 11.4. The molecule has 4 aromatic rings. The van der Waals surface area contributed by atoms with Crippen molar-refractivity contribution in [3.63, 3.8) is 0 Å². The molecule has 1 aliphatic heterocycles. The Bertz CT molecular complexity index is 1400. The molecule has 13 nitrogen and oxygen atoms in total. The number of hydrogen-bond acceptors (Lipinski definition) is 11. The maximum Gasteiger partial charge on any atom is 0.275 e. The van der Waals surface area contributed by atoms with Crippen molar-refractivity contribution < 1.29 is 29.3 Å². The van der Waals surface area contributed by atoms with Crippen molar-refractivity contribution in [2.45, 2.75) is 31.1 Å². The fourth-order valence-corrected chi connectivity index (χ4v) is 4.03. The van der Waals surface area contributed by atoms with Crippen LogP contribution in [0.3, 0.4) is 0 Å². The molecule has 4 N–H and O–H groups in total. The molecule has 1 aliphatic rings. The summed E-state index contributed by atoms with van der Waals surface area (Å²) in [6.45, 7) is 0.372. The van der Waals surface area contributed by atoms with Crippen LogP contribution in [0.5, 0.6) is 5.75 Å². The summed E-state index contributed by atoms with van der Waals surface area (Å²) in [7, 11) is 2.95. The molecule has 0 spiro atoms. The molecular formula is C24H25N7O6. The monoisotopic (exact) mass is 507 g/mol. The number of rotatable bonds is 8. The Hall–Kier alpha value is -4.17. The highest BCUT2D eigenvalue weighted by atomic mass is 16.6. The Balaban J connectivity index is 1.47. The molecule has 1 saturated heterocycles. The molecule has 0 bridgehead atoms. The average Bonchev–Trinajstić information content (AvgIpc) is 3.48. The zero-order chi connectivity index (χ0) is 25.9. The summed E-state index contributed by atoms with van der Waals surface area (Å²) in [5, 5.41) is 24.0. The second-order valence-electron chi connectivity index (χ2n) is 8.25. The van der Waals surface area contributed by atoms with Crippen LogP contribution in [0.15, 0.2) is 55.1 Å². The third-order valence-corrected chi connectivity index (χ3v) is 5.85. The highest BCUT2D eigenvalue weighted by Crippen LogP contribution is 2.33. The molecule has 1 aromatic carbocycles. The van der Waals surface area contributed by atoms with E-state index in [4.69, 9.17) is 9.47 Å². The van der Waals surface area contributed by atoms with Gasteiger partial charge in [-0.05, 0) is 11.6 Å². The molecule has 13 heteroatoms. The SMILES string of the molecule is CNc1nc(-c2cncc(OCc3ccccc3)c2)nc2c1ncn2[C@@H]1O[C@H](C(=O)NOC)[C@@H](O)[C@H]1O. The normalized spacial score (nSPS) is 21.2. The molecule has 3 aromatic heterocycles. The molecule has 4 atom stereocenters. The van der Waals surface area contributed by atoms with Crippen LogP contribution in [0.25, 0.3) is 22.6 Å². The van der Waals surface area contributed by atoms with Gasteiger partial charge in [0.2, 0.25) is 0 Å². The van der Waals surface area contributed by atoms with E-state index < -0.39 is 30.4 Å². The fourth-order valence-electron chi connectivity index (χ4n) is 4.03. The summed E-state index contributed by atoms with van der Waals surface area (Å²) in [5.74, 6) is 0.550. The molecule has 5 rings (SSSR count). The van der Waals surface area contributed by atoms with E-state index in [-0.39, 0.29) is 0 Å². The number of carbonyl (C=O) groups is 1. The Labute approximate surface area is 211 Å². The first-order valence-electron chi connectivity index (χ1n) is 11.4. The van der Waals surface area contributed by atoms with Crippen LogP contribution in [-0.2, 0) is 21.0 Å². The standard InChI is InChI=1S/C24H25N7O6/c1-25-21-16-22(31(12-27-16)24-18(33)17(32)19(37-24)23(34)30-35-2)29-20(28-21)14-8-15(10-26-9-14)36-11-13-6-4-3-5-7-13/h3-10,12,17-19,24,32-33H,11H2,1-2H3,(H,30,34)(H,25,28,29)/t17-,18+,19-,24+/m0/s1.